The van der Waals surface area contributed by atoms with E-state index in [0.29, 0.717) is 0 Å². The lowest BCUT2D eigenvalue weighted by Crippen LogP contribution is -2.53. The third-order valence-corrected chi connectivity index (χ3v) is 4.44. The van der Waals surface area contributed by atoms with Gasteiger partial charge in [0.25, 0.3) is 5.91 Å². The Bertz CT molecular complexity index is 504. The van der Waals surface area contributed by atoms with E-state index in [4.69, 9.17) is 12.8 Å². The SMILES string of the molecule is Cc1cc(C)c(NC(=O)C2([N+](C)(C)[S-])CC2)c(C)c1. The number of quaternary nitrogens is 1. The van der Waals surface area contributed by atoms with Crippen LogP contribution in [-0.4, -0.2) is 29.4 Å². The molecular formula is C15H22N2OS. The Morgan fingerprint density at radius 1 is 1.21 bits per heavy atom. The van der Waals surface area contributed by atoms with E-state index in [1.54, 1.807) is 0 Å². The molecule has 1 aromatic carbocycles. The second-order valence-electron chi connectivity index (χ2n) is 6.11. The minimum absolute atomic E-state index is 0.0579. The van der Waals surface area contributed by atoms with Crippen molar-refractivity contribution in [2.75, 3.05) is 19.4 Å². The molecule has 0 spiro atoms. The third kappa shape index (κ3) is 2.51. The van der Waals surface area contributed by atoms with Crippen LogP contribution in [0, 0.1) is 20.8 Å². The van der Waals surface area contributed by atoms with Crippen molar-refractivity contribution < 1.29 is 8.68 Å². The fourth-order valence-corrected chi connectivity index (χ4v) is 3.00. The number of carbonyl (C=O) groups is 1. The average molecular weight is 278 g/mol. The van der Waals surface area contributed by atoms with E-state index >= 15 is 0 Å². The number of nitrogens with one attached hydrogen (secondary N) is 1. The molecule has 1 aromatic rings. The van der Waals surface area contributed by atoms with Crippen molar-refractivity contribution in [2.45, 2.75) is 39.2 Å². The maximum Gasteiger partial charge on any atom is 0.284 e. The highest BCUT2D eigenvalue weighted by atomic mass is 32.1. The average Bonchev–Trinajstić information content (AvgIpc) is 3.02. The Morgan fingerprint density at radius 3 is 2.05 bits per heavy atom. The van der Waals surface area contributed by atoms with E-state index in [-0.39, 0.29) is 9.80 Å². The van der Waals surface area contributed by atoms with Crippen LogP contribution in [0.1, 0.15) is 29.5 Å². The number of rotatable bonds is 3. The smallest absolute Gasteiger partial charge is 0.284 e. The zero-order valence-electron chi connectivity index (χ0n) is 12.3. The highest BCUT2D eigenvalue weighted by Crippen LogP contribution is 2.45. The molecule has 0 bridgehead atoms. The zero-order chi connectivity index (χ0) is 14.4. The molecule has 1 saturated carbocycles. The normalized spacial score (nSPS) is 17.2. The van der Waals surface area contributed by atoms with Gasteiger partial charge in [-0.25, -0.2) is 0 Å². The van der Waals surface area contributed by atoms with Gasteiger partial charge in [-0.15, -0.1) is 0 Å². The molecule has 0 atom stereocenters. The van der Waals surface area contributed by atoms with E-state index in [1.807, 2.05) is 27.9 Å². The van der Waals surface area contributed by atoms with Crippen molar-refractivity contribution in [1.29, 1.82) is 0 Å². The predicted molar refractivity (Wildman–Crippen MR) is 80.7 cm³/mol. The second kappa shape index (κ2) is 4.53. The Labute approximate surface area is 121 Å². The van der Waals surface area contributed by atoms with Crippen LogP contribution in [0.25, 0.3) is 0 Å². The van der Waals surface area contributed by atoms with Crippen LogP contribution < -0.4 is 5.32 Å². The first-order chi connectivity index (χ1) is 8.67. The Kier molecular flexibility index (Phi) is 3.43. The molecule has 104 valence electrons. The lowest BCUT2D eigenvalue weighted by Gasteiger charge is -2.43. The van der Waals surface area contributed by atoms with Crippen molar-refractivity contribution >= 4 is 24.4 Å². The van der Waals surface area contributed by atoms with Crippen molar-refractivity contribution in [2.24, 2.45) is 0 Å². The molecule has 0 saturated heterocycles. The van der Waals surface area contributed by atoms with Gasteiger partial charge in [0.2, 0.25) is 0 Å². The number of nitrogens with zero attached hydrogens (tertiary/aromatic N) is 1. The van der Waals surface area contributed by atoms with E-state index < -0.39 is 5.54 Å². The number of likely N-dealkylation sites (N-methyl/N-ethyl adjacent to an activating group) is 1. The van der Waals surface area contributed by atoms with Gasteiger partial charge in [0, 0.05) is 18.5 Å². The maximum absolute atomic E-state index is 12.5. The first-order valence-electron chi connectivity index (χ1n) is 6.62. The summed E-state index contributed by atoms with van der Waals surface area (Å²) in [5.74, 6) is 0.0579. The lowest BCUT2D eigenvalue weighted by molar-refractivity contribution is -0.780. The van der Waals surface area contributed by atoms with E-state index in [2.05, 4.69) is 24.4 Å². The fraction of sp³-hybridized carbons (Fsp3) is 0.533. The Hall–Kier alpha value is -1.00. The summed E-state index contributed by atoms with van der Waals surface area (Å²) < 4.78 is 0.281. The van der Waals surface area contributed by atoms with Gasteiger partial charge in [-0.1, -0.05) is 17.7 Å². The van der Waals surface area contributed by atoms with Crippen molar-refractivity contribution in [3.8, 4) is 0 Å². The quantitative estimate of drug-likeness (QED) is 0.680. The van der Waals surface area contributed by atoms with E-state index in [1.165, 1.54) is 5.56 Å². The molecule has 1 N–H and O–H groups in total. The van der Waals surface area contributed by atoms with Gasteiger partial charge in [0.05, 0.1) is 14.1 Å². The molecule has 0 unspecified atom stereocenters. The predicted octanol–water partition coefficient (Wildman–Crippen LogP) is 2.62. The molecule has 0 heterocycles. The van der Waals surface area contributed by atoms with Crippen LogP contribution in [0.5, 0.6) is 0 Å². The van der Waals surface area contributed by atoms with Gasteiger partial charge in [0.1, 0.15) is 0 Å². The van der Waals surface area contributed by atoms with Gasteiger partial charge < -0.3 is 22.0 Å². The largest absolute Gasteiger partial charge is 0.494 e. The van der Waals surface area contributed by atoms with Gasteiger partial charge in [0.15, 0.2) is 5.54 Å². The summed E-state index contributed by atoms with van der Waals surface area (Å²) in [5.41, 5.74) is 3.95. The van der Waals surface area contributed by atoms with Gasteiger partial charge >= 0.3 is 0 Å². The third-order valence-electron chi connectivity index (χ3n) is 4.09. The summed E-state index contributed by atoms with van der Waals surface area (Å²) in [6, 6.07) is 4.19. The van der Waals surface area contributed by atoms with Crippen LogP contribution in [-0.2, 0) is 17.6 Å². The summed E-state index contributed by atoms with van der Waals surface area (Å²) in [6.45, 7) is 6.13. The number of carbonyl (C=O) groups excluding carboxylic acids is 1. The first kappa shape index (κ1) is 14.4. The van der Waals surface area contributed by atoms with Crippen LogP contribution >= 0.6 is 0 Å². The maximum atomic E-state index is 12.5. The zero-order valence-corrected chi connectivity index (χ0v) is 13.1. The summed E-state index contributed by atoms with van der Waals surface area (Å²) >= 11 is 5.44. The molecule has 4 heteroatoms. The Morgan fingerprint density at radius 2 is 1.68 bits per heavy atom. The van der Waals surface area contributed by atoms with Crippen LogP contribution in [0.3, 0.4) is 0 Å². The number of hydrogen-bond acceptors (Lipinski definition) is 2. The first-order valence-corrected chi connectivity index (χ1v) is 6.98. The van der Waals surface area contributed by atoms with Crippen molar-refractivity contribution in [1.82, 2.24) is 0 Å². The summed E-state index contributed by atoms with van der Waals surface area (Å²) in [7, 11) is 3.83. The summed E-state index contributed by atoms with van der Waals surface area (Å²) in [6.07, 6.45) is 1.75. The molecule has 3 nitrogen and oxygen atoms in total. The van der Waals surface area contributed by atoms with Crippen LogP contribution in [0.2, 0.25) is 0 Å². The molecule has 0 radical (unpaired) electrons. The lowest BCUT2D eigenvalue weighted by atomic mass is 10.0. The van der Waals surface area contributed by atoms with Gasteiger partial charge in [-0.2, -0.15) is 0 Å². The highest BCUT2D eigenvalue weighted by molar-refractivity contribution is 7.52. The number of benzene rings is 1. The molecule has 0 aliphatic heterocycles. The van der Waals surface area contributed by atoms with Gasteiger partial charge in [-0.05, 0) is 31.9 Å². The highest BCUT2D eigenvalue weighted by Gasteiger charge is 2.58. The molecule has 1 fully saturated rings. The topological polar surface area (TPSA) is 29.1 Å². The van der Waals surface area contributed by atoms with Crippen LogP contribution in [0.4, 0.5) is 5.69 Å². The molecule has 1 amide bonds. The molecular weight excluding hydrogens is 256 g/mol. The molecule has 2 rings (SSSR count). The molecule has 1 aliphatic carbocycles. The minimum atomic E-state index is -0.418. The van der Waals surface area contributed by atoms with E-state index in [9.17, 15) is 4.79 Å². The second-order valence-corrected chi connectivity index (χ2v) is 7.02. The van der Waals surface area contributed by atoms with E-state index in [0.717, 1.165) is 29.7 Å². The molecule has 19 heavy (non-hydrogen) atoms. The fourth-order valence-electron chi connectivity index (χ4n) is 2.74. The molecule has 1 aliphatic rings. The number of anilines is 1. The van der Waals surface area contributed by atoms with Crippen LogP contribution in [0.15, 0.2) is 12.1 Å². The number of aryl methyl sites for hydroxylation is 3. The van der Waals surface area contributed by atoms with Crippen molar-refractivity contribution in [3.63, 3.8) is 0 Å². The minimum Gasteiger partial charge on any atom is -0.494 e. The standard InChI is InChI=1S/C15H22N2OS/c1-10-8-11(2)13(12(3)9-10)16-14(18)15(6-7-15)17(4,5)19/h8-9H,6-7H2,1-5H3,(H,16,18). The van der Waals surface area contributed by atoms with Crippen molar-refractivity contribution in [3.05, 3.63) is 28.8 Å². The summed E-state index contributed by atoms with van der Waals surface area (Å²) in [5, 5.41) is 3.09. The molecule has 0 aromatic heterocycles. The number of amides is 1. The number of hydrogen-bond donors (Lipinski definition) is 1. The summed E-state index contributed by atoms with van der Waals surface area (Å²) in [4.78, 5) is 12.5. The monoisotopic (exact) mass is 278 g/mol. The van der Waals surface area contributed by atoms with Gasteiger partial charge in [-0.3, -0.25) is 4.79 Å². The Balaban J connectivity index is 2.26.